The number of methoxy groups -OCH3 is 2. The molecular weight excluding hydrogens is 266 g/mol. The van der Waals surface area contributed by atoms with Crippen molar-refractivity contribution in [1.29, 1.82) is 0 Å². The van der Waals surface area contributed by atoms with Crippen molar-refractivity contribution >= 4 is 0 Å². The molecule has 1 atom stereocenters. The Labute approximate surface area is 125 Å². The summed E-state index contributed by atoms with van der Waals surface area (Å²) in [6, 6.07) is 13.2. The summed E-state index contributed by atoms with van der Waals surface area (Å²) in [4.78, 5) is 0. The first-order valence-corrected chi connectivity index (χ1v) is 6.87. The molecule has 0 heterocycles. The van der Waals surface area contributed by atoms with Crippen molar-refractivity contribution in [2.45, 2.75) is 19.5 Å². The Balaban J connectivity index is 2.05. The monoisotopic (exact) mass is 287 g/mol. The summed E-state index contributed by atoms with van der Waals surface area (Å²) in [7, 11) is 3.29. The van der Waals surface area contributed by atoms with Gasteiger partial charge in [-0.1, -0.05) is 18.2 Å². The summed E-state index contributed by atoms with van der Waals surface area (Å²) in [5.41, 5.74) is 2.10. The normalized spacial score (nSPS) is 12.0. The van der Waals surface area contributed by atoms with Crippen LogP contribution in [0.2, 0.25) is 0 Å². The van der Waals surface area contributed by atoms with E-state index in [2.05, 4.69) is 12.2 Å². The van der Waals surface area contributed by atoms with Crippen LogP contribution in [0.25, 0.3) is 0 Å². The van der Waals surface area contributed by atoms with E-state index in [9.17, 15) is 5.11 Å². The molecule has 0 aliphatic rings. The minimum absolute atomic E-state index is 0.129. The Kier molecular flexibility index (Phi) is 5.06. The highest BCUT2D eigenvalue weighted by atomic mass is 16.5. The molecule has 1 unspecified atom stereocenters. The van der Waals surface area contributed by atoms with Crippen LogP contribution in [-0.4, -0.2) is 19.3 Å². The molecule has 112 valence electrons. The van der Waals surface area contributed by atoms with Gasteiger partial charge in [-0.15, -0.1) is 0 Å². The molecule has 2 aromatic rings. The van der Waals surface area contributed by atoms with E-state index < -0.39 is 0 Å². The third-order valence-corrected chi connectivity index (χ3v) is 3.46. The van der Waals surface area contributed by atoms with Crippen molar-refractivity contribution in [3.8, 4) is 17.2 Å². The molecule has 2 aromatic carbocycles. The quantitative estimate of drug-likeness (QED) is 0.856. The van der Waals surface area contributed by atoms with Gasteiger partial charge in [0.05, 0.1) is 14.2 Å². The van der Waals surface area contributed by atoms with Crippen molar-refractivity contribution in [3.05, 3.63) is 53.6 Å². The number of hydrogen-bond acceptors (Lipinski definition) is 4. The smallest absolute Gasteiger partial charge is 0.127 e. The summed E-state index contributed by atoms with van der Waals surface area (Å²) in [5.74, 6) is 1.85. The Morgan fingerprint density at radius 1 is 1.10 bits per heavy atom. The zero-order chi connectivity index (χ0) is 15.2. The van der Waals surface area contributed by atoms with E-state index in [0.29, 0.717) is 6.54 Å². The average molecular weight is 287 g/mol. The van der Waals surface area contributed by atoms with Crippen LogP contribution in [0.4, 0.5) is 0 Å². The number of phenolic OH excluding ortho intramolecular Hbond substituents is 1. The lowest BCUT2D eigenvalue weighted by atomic mass is 10.1. The van der Waals surface area contributed by atoms with Gasteiger partial charge in [-0.05, 0) is 30.7 Å². The highest BCUT2D eigenvalue weighted by Crippen LogP contribution is 2.25. The largest absolute Gasteiger partial charge is 0.508 e. The zero-order valence-electron chi connectivity index (χ0n) is 12.6. The lowest BCUT2D eigenvalue weighted by molar-refractivity contribution is 0.389. The fraction of sp³-hybridized carbons (Fsp3) is 0.294. The molecule has 0 bridgehead atoms. The number of hydrogen-bond donors (Lipinski definition) is 2. The predicted molar refractivity (Wildman–Crippen MR) is 82.9 cm³/mol. The molecule has 0 aliphatic carbocycles. The summed E-state index contributed by atoms with van der Waals surface area (Å²) in [5, 5.41) is 12.9. The maximum Gasteiger partial charge on any atom is 0.127 e. The molecule has 4 nitrogen and oxygen atoms in total. The number of rotatable bonds is 6. The standard InChI is InChI=1S/C17H21NO3/c1-12(13-5-4-6-15(19)9-13)18-11-14-7-8-16(20-2)10-17(14)21-3/h4-10,12,18-19H,11H2,1-3H3. The molecule has 0 amide bonds. The summed E-state index contributed by atoms with van der Waals surface area (Å²) < 4.78 is 10.6. The summed E-state index contributed by atoms with van der Waals surface area (Å²) in [6.07, 6.45) is 0. The van der Waals surface area contributed by atoms with E-state index in [1.54, 1.807) is 26.4 Å². The van der Waals surface area contributed by atoms with Crippen LogP contribution >= 0.6 is 0 Å². The number of phenols is 1. The predicted octanol–water partition coefficient (Wildman–Crippen LogP) is 3.26. The van der Waals surface area contributed by atoms with Crippen LogP contribution in [0.3, 0.4) is 0 Å². The minimum Gasteiger partial charge on any atom is -0.508 e. The third-order valence-electron chi connectivity index (χ3n) is 3.46. The molecule has 0 fully saturated rings. The van der Waals surface area contributed by atoms with E-state index >= 15 is 0 Å². The molecule has 0 radical (unpaired) electrons. The van der Waals surface area contributed by atoms with Gasteiger partial charge in [0.15, 0.2) is 0 Å². The van der Waals surface area contributed by atoms with Gasteiger partial charge in [-0.3, -0.25) is 0 Å². The minimum atomic E-state index is 0.129. The molecule has 0 saturated carbocycles. The first kappa shape index (κ1) is 15.2. The second kappa shape index (κ2) is 6.99. The van der Waals surface area contributed by atoms with Gasteiger partial charge in [-0.25, -0.2) is 0 Å². The molecule has 0 saturated heterocycles. The molecular formula is C17H21NO3. The highest BCUT2D eigenvalue weighted by Gasteiger charge is 2.09. The molecule has 0 spiro atoms. The average Bonchev–Trinajstić information content (AvgIpc) is 2.52. The molecule has 0 aromatic heterocycles. The van der Waals surface area contributed by atoms with Crippen LogP contribution in [0, 0.1) is 0 Å². The Hall–Kier alpha value is -2.20. The Morgan fingerprint density at radius 3 is 2.57 bits per heavy atom. The van der Waals surface area contributed by atoms with E-state index in [1.807, 2.05) is 30.3 Å². The molecule has 2 rings (SSSR count). The maximum atomic E-state index is 9.53. The summed E-state index contributed by atoms with van der Waals surface area (Å²) in [6.45, 7) is 2.73. The lowest BCUT2D eigenvalue weighted by Crippen LogP contribution is -2.18. The first-order chi connectivity index (χ1) is 10.1. The van der Waals surface area contributed by atoms with Gasteiger partial charge in [0.25, 0.3) is 0 Å². The number of nitrogens with one attached hydrogen (secondary N) is 1. The number of ether oxygens (including phenoxy) is 2. The van der Waals surface area contributed by atoms with Crippen LogP contribution in [0.5, 0.6) is 17.2 Å². The van der Waals surface area contributed by atoms with Gasteiger partial charge < -0.3 is 19.9 Å². The SMILES string of the molecule is COc1ccc(CNC(C)c2cccc(O)c2)c(OC)c1. The van der Waals surface area contributed by atoms with Crippen LogP contribution in [-0.2, 0) is 6.54 Å². The number of benzene rings is 2. The summed E-state index contributed by atoms with van der Waals surface area (Å²) >= 11 is 0. The molecule has 4 heteroatoms. The van der Waals surface area contributed by atoms with Crippen LogP contribution in [0.1, 0.15) is 24.1 Å². The second-order valence-electron chi connectivity index (χ2n) is 4.88. The third kappa shape index (κ3) is 3.89. The number of aromatic hydroxyl groups is 1. The first-order valence-electron chi connectivity index (χ1n) is 6.87. The van der Waals surface area contributed by atoms with Gasteiger partial charge in [0.2, 0.25) is 0 Å². The topological polar surface area (TPSA) is 50.7 Å². The van der Waals surface area contributed by atoms with Crippen molar-refractivity contribution in [1.82, 2.24) is 5.32 Å². The van der Waals surface area contributed by atoms with E-state index in [-0.39, 0.29) is 11.8 Å². The van der Waals surface area contributed by atoms with Gasteiger partial charge in [0.1, 0.15) is 17.2 Å². The Bertz CT molecular complexity index is 598. The van der Waals surface area contributed by atoms with Crippen LogP contribution < -0.4 is 14.8 Å². The van der Waals surface area contributed by atoms with Crippen molar-refractivity contribution < 1.29 is 14.6 Å². The van der Waals surface area contributed by atoms with Crippen molar-refractivity contribution in [2.24, 2.45) is 0 Å². The fourth-order valence-corrected chi connectivity index (χ4v) is 2.17. The lowest BCUT2D eigenvalue weighted by Gasteiger charge is -2.16. The highest BCUT2D eigenvalue weighted by molar-refractivity contribution is 5.40. The van der Waals surface area contributed by atoms with Crippen LogP contribution in [0.15, 0.2) is 42.5 Å². The van der Waals surface area contributed by atoms with Gasteiger partial charge in [0, 0.05) is 24.2 Å². The van der Waals surface area contributed by atoms with E-state index in [0.717, 1.165) is 22.6 Å². The van der Waals surface area contributed by atoms with Crippen molar-refractivity contribution in [3.63, 3.8) is 0 Å². The fourth-order valence-electron chi connectivity index (χ4n) is 2.17. The Morgan fingerprint density at radius 2 is 1.90 bits per heavy atom. The second-order valence-corrected chi connectivity index (χ2v) is 4.88. The van der Waals surface area contributed by atoms with Crippen molar-refractivity contribution in [2.75, 3.05) is 14.2 Å². The maximum absolute atomic E-state index is 9.53. The van der Waals surface area contributed by atoms with E-state index in [1.165, 1.54) is 0 Å². The van der Waals surface area contributed by atoms with Gasteiger partial charge >= 0.3 is 0 Å². The van der Waals surface area contributed by atoms with Gasteiger partial charge in [-0.2, -0.15) is 0 Å². The molecule has 0 aliphatic heterocycles. The zero-order valence-corrected chi connectivity index (χ0v) is 12.6. The molecule has 2 N–H and O–H groups in total. The molecule has 21 heavy (non-hydrogen) atoms. The van der Waals surface area contributed by atoms with E-state index in [4.69, 9.17) is 9.47 Å².